The van der Waals surface area contributed by atoms with Crippen LogP contribution in [0.2, 0.25) is 0 Å². The molecule has 2 unspecified atom stereocenters. The van der Waals surface area contributed by atoms with Gasteiger partial charge in [0, 0.05) is 12.6 Å². The molecule has 3 amide bonds. The Morgan fingerprint density at radius 2 is 1.89 bits per heavy atom. The summed E-state index contributed by atoms with van der Waals surface area (Å²) in [6, 6.07) is -0.291. The average molecular weight is 256 g/mol. The van der Waals surface area contributed by atoms with Crippen molar-refractivity contribution < 1.29 is 9.59 Å². The van der Waals surface area contributed by atoms with Crippen LogP contribution >= 0.6 is 0 Å². The first-order chi connectivity index (χ1) is 8.56. The highest BCUT2D eigenvalue weighted by molar-refractivity contribution is 5.85. The van der Waals surface area contributed by atoms with Crippen molar-refractivity contribution in [2.24, 2.45) is 5.92 Å². The Hall–Kier alpha value is -1.06. The van der Waals surface area contributed by atoms with Gasteiger partial charge in [-0.15, -0.1) is 0 Å². The number of rotatable bonds is 9. The third-order valence-corrected chi connectivity index (χ3v) is 3.18. The number of nitrogens with zero attached hydrogens (tertiary/aromatic N) is 1. The van der Waals surface area contributed by atoms with Crippen molar-refractivity contribution in [2.45, 2.75) is 65.8 Å². The van der Waals surface area contributed by atoms with Crippen LogP contribution < -0.4 is 5.32 Å². The Bertz CT molecular complexity index is 244. The lowest BCUT2D eigenvalue weighted by Crippen LogP contribution is -2.45. The number of carbonyl (C=O) groups excluding carboxylic acids is 2. The Morgan fingerprint density at radius 1 is 1.22 bits per heavy atom. The molecule has 0 aromatic rings. The molecule has 0 heterocycles. The lowest BCUT2D eigenvalue weighted by atomic mass is 10.1. The molecule has 0 aromatic carbocycles. The van der Waals surface area contributed by atoms with Crippen LogP contribution in [0.25, 0.3) is 0 Å². The zero-order valence-corrected chi connectivity index (χ0v) is 12.2. The number of hydrogen-bond donors (Lipinski definition) is 1. The van der Waals surface area contributed by atoms with Gasteiger partial charge in [0.05, 0.1) is 0 Å². The van der Waals surface area contributed by atoms with Crippen molar-refractivity contribution >= 4 is 12.4 Å². The predicted octanol–water partition coefficient (Wildman–Crippen LogP) is 3.17. The standard InChI is InChI=1S/C14H28N2O2/c1-5-7-9-13(4)16(11-17)14(18)15-10-12(3)8-6-2/h11-13H,5-10H2,1-4H3,(H,15,18). The predicted molar refractivity (Wildman–Crippen MR) is 74.4 cm³/mol. The number of hydrogen-bond acceptors (Lipinski definition) is 2. The molecule has 0 saturated heterocycles. The molecule has 2 atom stereocenters. The molecule has 4 nitrogen and oxygen atoms in total. The Labute approximate surface area is 111 Å². The summed E-state index contributed by atoms with van der Waals surface area (Å²) in [5, 5.41) is 2.83. The zero-order valence-electron chi connectivity index (χ0n) is 12.2. The first kappa shape index (κ1) is 16.9. The molecule has 0 radical (unpaired) electrons. The second-order valence-electron chi connectivity index (χ2n) is 5.08. The van der Waals surface area contributed by atoms with Gasteiger partial charge in [-0.05, 0) is 25.7 Å². The van der Waals surface area contributed by atoms with Gasteiger partial charge in [0.2, 0.25) is 6.41 Å². The fourth-order valence-corrected chi connectivity index (χ4v) is 1.94. The minimum atomic E-state index is -0.267. The summed E-state index contributed by atoms with van der Waals surface area (Å²) in [4.78, 5) is 24.1. The van der Waals surface area contributed by atoms with Crippen LogP contribution in [0.5, 0.6) is 0 Å². The molecule has 0 aliphatic heterocycles. The molecule has 0 bridgehead atoms. The number of unbranched alkanes of at least 4 members (excludes halogenated alkanes) is 1. The molecule has 0 rings (SSSR count). The fraction of sp³-hybridized carbons (Fsp3) is 0.857. The molecule has 0 aliphatic carbocycles. The molecule has 0 saturated carbocycles. The van der Waals surface area contributed by atoms with E-state index in [0.29, 0.717) is 18.9 Å². The van der Waals surface area contributed by atoms with E-state index in [2.05, 4.69) is 26.1 Å². The van der Waals surface area contributed by atoms with E-state index in [1.54, 1.807) is 0 Å². The smallest absolute Gasteiger partial charge is 0.324 e. The molecule has 0 aliphatic rings. The normalized spacial score (nSPS) is 13.8. The van der Waals surface area contributed by atoms with Gasteiger partial charge in [0.15, 0.2) is 0 Å². The van der Waals surface area contributed by atoms with Gasteiger partial charge in [-0.3, -0.25) is 9.69 Å². The second kappa shape index (κ2) is 9.92. The topological polar surface area (TPSA) is 49.4 Å². The highest BCUT2D eigenvalue weighted by atomic mass is 16.2. The highest BCUT2D eigenvalue weighted by Crippen LogP contribution is 2.08. The molecular formula is C14H28N2O2. The van der Waals surface area contributed by atoms with Gasteiger partial charge < -0.3 is 5.32 Å². The Morgan fingerprint density at radius 3 is 2.39 bits per heavy atom. The molecule has 1 N–H and O–H groups in total. The van der Waals surface area contributed by atoms with Crippen molar-refractivity contribution in [3.63, 3.8) is 0 Å². The largest absolute Gasteiger partial charge is 0.337 e. The summed E-state index contributed by atoms with van der Waals surface area (Å²) < 4.78 is 0. The summed E-state index contributed by atoms with van der Waals surface area (Å²) in [6.07, 6.45) is 5.82. The molecular weight excluding hydrogens is 228 g/mol. The number of urea groups is 1. The number of imide groups is 1. The SMILES string of the molecule is CCCCC(C)N(C=O)C(=O)NCC(C)CCC. The first-order valence-corrected chi connectivity index (χ1v) is 7.08. The van der Waals surface area contributed by atoms with Crippen LogP contribution in [0.4, 0.5) is 4.79 Å². The van der Waals surface area contributed by atoms with E-state index in [1.165, 1.54) is 4.90 Å². The van der Waals surface area contributed by atoms with Crippen molar-refractivity contribution in [1.29, 1.82) is 0 Å². The van der Waals surface area contributed by atoms with Gasteiger partial charge in [0.1, 0.15) is 0 Å². The number of nitrogens with one attached hydrogen (secondary N) is 1. The second-order valence-corrected chi connectivity index (χ2v) is 5.08. The van der Waals surface area contributed by atoms with Crippen LogP contribution in [-0.2, 0) is 4.79 Å². The Balaban J connectivity index is 4.13. The third kappa shape index (κ3) is 6.62. The lowest BCUT2D eigenvalue weighted by Gasteiger charge is -2.24. The van der Waals surface area contributed by atoms with Crippen molar-refractivity contribution in [3.8, 4) is 0 Å². The summed E-state index contributed by atoms with van der Waals surface area (Å²) in [5.41, 5.74) is 0. The summed E-state index contributed by atoms with van der Waals surface area (Å²) in [6.45, 7) is 8.89. The minimum Gasteiger partial charge on any atom is -0.337 e. The highest BCUT2D eigenvalue weighted by Gasteiger charge is 2.19. The van der Waals surface area contributed by atoms with Crippen LogP contribution in [-0.4, -0.2) is 29.9 Å². The molecule has 4 heteroatoms. The van der Waals surface area contributed by atoms with E-state index in [9.17, 15) is 9.59 Å². The summed E-state index contributed by atoms with van der Waals surface area (Å²) >= 11 is 0. The monoisotopic (exact) mass is 256 g/mol. The molecule has 106 valence electrons. The zero-order chi connectivity index (χ0) is 14.0. The average Bonchev–Trinajstić information content (AvgIpc) is 2.35. The fourth-order valence-electron chi connectivity index (χ4n) is 1.94. The summed E-state index contributed by atoms with van der Waals surface area (Å²) in [5.74, 6) is 0.457. The van der Waals surface area contributed by atoms with Gasteiger partial charge in [-0.25, -0.2) is 4.79 Å². The third-order valence-electron chi connectivity index (χ3n) is 3.18. The lowest BCUT2D eigenvalue weighted by molar-refractivity contribution is -0.117. The van der Waals surface area contributed by atoms with Gasteiger partial charge in [-0.1, -0.05) is 40.0 Å². The van der Waals surface area contributed by atoms with Crippen molar-refractivity contribution in [2.75, 3.05) is 6.54 Å². The van der Waals surface area contributed by atoms with E-state index < -0.39 is 0 Å². The van der Waals surface area contributed by atoms with E-state index >= 15 is 0 Å². The van der Waals surface area contributed by atoms with E-state index in [-0.39, 0.29) is 12.1 Å². The van der Waals surface area contributed by atoms with Crippen LogP contribution in [0.15, 0.2) is 0 Å². The van der Waals surface area contributed by atoms with Gasteiger partial charge >= 0.3 is 6.03 Å². The number of amides is 3. The van der Waals surface area contributed by atoms with Gasteiger partial charge in [-0.2, -0.15) is 0 Å². The van der Waals surface area contributed by atoms with Crippen molar-refractivity contribution in [3.05, 3.63) is 0 Å². The maximum absolute atomic E-state index is 11.9. The Kier molecular flexibility index (Phi) is 9.33. The van der Waals surface area contributed by atoms with E-state index in [0.717, 1.165) is 32.1 Å². The molecule has 0 spiro atoms. The van der Waals surface area contributed by atoms with Crippen molar-refractivity contribution in [1.82, 2.24) is 10.2 Å². The maximum atomic E-state index is 11.9. The molecule has 18 heavy (non-hydrogen) atoms. The first-order valence-electron chi connectivity index (χ1n) is 7.08. The minimum absolute atomic E-state index is 0.0241. The maximum Gasteiger partial charge on any atom is 0.324 e. The van der Waals surface area contributed by atoms with Crippen LogP contribution in [0.3, 0.4) is 0 Å². The quantitative estimate of drug-likeness (QED) is 0.644. The van der Waals surface area contributed by atoms with E-state index in [1.807, 2.05) is 6.92 Å². The van der Waals surface area contributed by atoms with Crippen LogP contribution in [0.1, 0.15) is 59.8 Å². The molecule has 0 aromatic heterocycles. The van der Waals surface area contributed by atoms with Crippen LogP contribution in [0, 0.1) is 5.92 Å². The van der Waals surface area contributed by atoms with Gasteiger partial charge in [0.25, 0.3) is 0 Å². The van der Waals surface area contributed by atoms with E-state index in [4.69, 9.17) is 0 Å². The summed E-state index contributed by atoms with van der Waals surface area (Å²) in [7, 11) is 0. The number of carbonyl (C=O) groups is 2. The molecule has 0 fully saturated rings.